The predicted molar refractivity (Wildman–Crippen MR) is 74.8 cm³/mol. The van der Waals surface area contributed by atoms with Crippen LogP contribution in [0.5, 0.6) is 0 Å². The third-order valence-corrected chi connectivity index (χ3v) is 3.78. The lowest BCUT2D eigenvalue weighted by molar-refractivity contribution is 0.0670. The zero-order valence-electron chi connectivity index (χ0n) is 10.3. The molecule has 1 unspecified atom stereocenters. The lowest BCUT2D eigenvalue weighted by atomic mass is 10.1. The van der Waals surface area contributed by atoms with Gasteiger partial charge in [0.2, 0.25) is 0 Å². The molecule has 0 bridgehead atoms. The van der Waals surface area contributed by atoms with Crippen LogP contribution in [0.4, 0.5) is 0 Å². The largest absolute Gasteiger partial charge is 0.392 e. The normalized spacial score (nSPS) is 20.9. The number of benzene rings is 1. The highest BCUT2D eigenvalue weighted by atomic mass is 79.9. The van der Waals surface area contributed by atoms with E-state index in [1.54, 1.807) is 0 Å². The van der Waals surface area contributed by atoms with Gasteiger partial charge in [0.25, 0.3) is 0 Å². The molecule has 1 aromatic carbocycles. The SMILES string of the molecule is O=C(CCN1CCCC(O)C1)c1cccc(Br)c1. The summed E-state index contributed by atoms with van der Waals surface area (Å²) in [6.07, 6.45) is 2.20. The van der Waals surface area contributed by atoms with Crippen molar-refractivity contribution in [2.45, 2.75) is 25.4 Å². The number of aliphatic hydroxyl groups is 1. The van der Waals surface area contributed by atoms with Crippen LogP contribution in [0.3, 0.4) is 0 Å². The van der Waals surface area contributed by atoms with Crippen molar-refractivity contribution >= 4 is 21.7 Å². The van der Waals surface area contributed by atoms with E-state index >= 15 is 0 Å². The van der Waals surface area contributed by atoms with Crippen molar-refractivity contribution in [3.63, 3.8) is 0 Å². The molecule has 0 aromatic heterocycles. The summed E-state index contributed by atoms with van der Waals surface area (Å²) in [7, 11) is 0. The summed E-state index contributed by atoms with van der Waals surface area (Å²) in [5.41, 5.74) is 0.752. The molecule has 1 aliphatic heterocycles. The molecule has 4 heteroatoms. The van der Waals surface area contributed by atoms with Crippen LogP contribution in [-0.4, -0.2) is 41.5 Å². The molecule has 98 valence electrons. The minimum absolute atomic E-state index is 0.163. The predicted octanol–water partition coefficient (Wildman–Crippen LogP) is 2.48. The molecule has 0 saturated carbocycles. The molecule has 0 spiro atoms. The summed E-state index contributed by atoms with van der Waals surface area (Å²) in [5.74, 6) is 0.163. The molecule has 1 heterocycles. The van der Waals surface area contributed by atoms with Gasteiger partial charge in [0, 0.05) is 29.5 Å². The molecule has 1 aliphatic rings. The number of halogens is 1. The van der Waals surface area contributed by atoms with E-state index in [0.717, 1.165) is 36.0 Å². The monoisotopic (exact) mass is 311 g/mol. The van der Waals surface area contributed by atoms with Gasteiger partial charge in [-0.05, 0) is 31.5 Å². The Kier molecular flexibility index (Phi) is 4.92. The van der Waals surface area contributed by atoms with Crippen molar-refractivity contribution in [1.29, 1.82) is 0 Å². The number of rotatable bonds is 4. The Morgan fingerprint density at radius 2 is 2.33 bits per heavy atom. The first-order valence-electron chi connectivity index (χ1n) is 6.34. The zero-order chi connectivity index (χ0) is 13.0. The van der Waals surface area contributed by atoms with Crippen LogP contribution in [0.25, 0.3) is 0 Å². The maximum atomic E-state index is 12.0. The number of hydrogen-bond acceptors (Lipinski definition) is 3. The van der Waals surface area contributed by atoms with Crippen LogP contribution in [0, 0.1) is 0 Å². The van der Waals surface area contributed by atoms with Gasteiger partial charge in [-0.2, -0.15) is 0 Å². The third-order valence-electron chi connectivity index (χ3n) is 3.28. The fraction of sp³-hybridized carbons (Fsp3) is 0.500. The molecule has 1 N–H and O–H groups in total. The number of carbonyl (C=O) groups is 1. The molecule has 1 atom stereocenters. The van der Waals surface area contributed by atoms with Crippen molar-refractivity contribution in [2.24, 2.45) is 0 Å². The van der Waals surface area contributed by atoms with Gasteiger partial charge in [-0.25, -0.2) is 0 Å². The number of hydrogen-bond donors (Lipinski definition) is 1. The van der Waals surface area contributed by atoms with Crippen molar-refractivity contribution < 1.29 is 9.90 Å². The third kappa shape index (κ3) is 3.90. The Hall–Kier alpha value is -0.710. The van der Waals surface area contributed by atoms with Crippen LogP contribution in [0.2, 0.25) is 0 Å². The number of β-amino-alcohol motifs (C(OH)–C–C–N with tert-alkyl or cyclic N) is 1. The highest BCUT2D eigenvalue weighted by molar-refractivity contribution is 9.10. The maximum Gasteiger partial charge on any atom is 0.164 e. The molecule has 1 aromatic rings. The molecule has 0 aliphatic carbocycles. The molecule has 18 heavy (non-hydrogen) atoms. The van der Waals surface area contributed by atoms with Crippen molar-refractivity contribution in [2.75, 3.05) is 19.6 Å². The Morgan fingerprint density at radius 1 is 1.50 bits per heavy atom. The number of aliphatic hydroxyl groups excluding tert-OH is 1. The average Bonchev–Trinajstić information content (AvgIpc) is 2.36. The van der Waals surface area contributed by atoms with Crippen LogP contribution in [0.1, 0.15) is 29.6 Å². The van der Waals surface area contributed by atoms with Gasteiger partial charge in [-0.1, -0.05) is 28.1 Å². The Balaban J connectivity index is 1.84. The van der Waals surface area contributed by atoms with E-state index in [-0.39, 0.29) is 11.9 Å². The Bertz CT molecular complexity index is 422. The molecule has 0 amide bonds. The molecule has 0 radical (unpaired) electrons. The number of piperidine rings is 1. The maximum absolute atomic E-state index is 12.0. The summed E-state index contributed by atoms with van der Waals surface area (Å²) in [6, 6.07) is 7.49. The average molecular weight is 312 g/mol. The topological polar surface area (TPSA) is 40.5 Å². The Labute approximate surface area is 116 Å². The zero-order valence-corrected chi connectivity index (χ0v) is 11.9. The summed E-state index contributed by atoms with van der Waals surface area (Å²) < 4.78 is 0.932. The van der Waals surface area contributed by atoms with E-state index < -0.39 is 0 Å². The molecule has 2 rings (SSSR count). The van der Waals surface area contributed by atoms with E-state index in [0.29, 0.717) is 13.0 Å². The molecular formula is C14H18BrNO2. The van der Waals surface area contributed by atoms with Gasteiger partial charge in [0.15, 0.2) is 5.78 Å². The summed E-state index contributed by atoms with van der Waals surface area (Å²) in [6.45, 7) is 2.43. The number of carbonyl (C=O) groups excluding carboxylic acids is 1. The summed E-state index contributed by atoms with van der Waals surface area (Å²) >= 11 is 3.37. The second-order valence-corrected chi connectivity index (χ2v) is 5.70. The number of nitrogens with zero attached hydrogens (tertiary/aromatic N) is 1. The fourth-order valence-electron chi connectivity index (χ4n) is 2.30. The first-order valence-corrected chi connectivity index (χ1v) is 7.13. The second-order valence-electron chi connectivity index (χ2n) is 4.78. The van der Waals surface area contributed by atoms with E-state index in [4.69, 9.17) is 0 Å². The molecule has 3 nitrogen and oxygen atoms in total. The second kappa shape index (κ2) is 6.45. The minimum atomic E-state index is -0.222. The van der Waals surface area contributed by atoms with E-state index in [1.807, 2.05) is 24.3 Å². The van der Waals surface area contributed by atoms with Gasteiger partial charge in [0.1, 0.15) is 0 Å². The summed E-state index contributed by atoms with van der Waals surface area (Å²) in [4.78, 5) is 14.2. The minimum Gasteiger partial charge on any atom is -0.392 e. The molecule has 1 fully saturated rings. The van der Waals surface area contributed by atoms with Gasteiger partial charge < -0.3 is 10.0 Å². The Morgan fingerprint density at radius 3 is 3.06 bits per heavy atom. The van der Waals surface area contributed by atoms with E-state index in [9.17, 15) is 9.90 Å². The van der Waals surface area contributed by atoms with Crippen LogP contribution in [-0.2, 0) is 0 Å². The standard InChI is InChI=1S/C14H18BrNO2/c15-12-4-1-3-11(9-12)14(18)6-8-16-7-2-5-13(17)10-16/h1,3-4,9,13,17H,2,5-8,10H2. The highest BCUT2D eigenvalue weighted by Crippen LogP contribution is 2.14. The quantitative estimate of drug-likeness (QED) is 0.868. The van der Waals surface area contributed by atoms with Crippen molar-refractivity contribution in [3.05, 3.63) is 34.3 Å². The first-order chi connectivity index (χ1) is 8.65. The van der Waals surface area contributed by atoms with Crippen LogP contribution < -0.4 is 0 Å². The smallest absolute Gasteiger partial charge is 0.164 e. The first kappa shape index (κ1) is 13.7. The van der Waals surface area contributed by atoms with Gasteiger partial charge in [-0.3, -0.25) is 4.79 Å². The highest BCUT2D eigenvalue weighted by Gasteiger charge is 2.18. The van der Waals surface area contributed by atoms with Gasteiger partial charge in [0.05, 0.1) is 6.10 Å². The van der Waals surface area contributed by atoms with Crippen LogP contribution >= 0.6 is 15.9 Å². The molecular weight excluding hydrogens is 294 g/mol. The number of likely N-dealkylation sites (tertiary alicyclic amines) is 1. The van der Waals surface area contributed by atoms with E-state index in [1.165, 1.54) is 0 Å². The van der Waals surface area contributed by atoms with Crippen molar-refractivity contribution in [1.82, 2.24) is 4.90 Å². The fourth-order valence-corrected chi connectivity index (χ4v) is 2.70. The van der Waals surface area contributed by atoms with Gasteiger partial charge in [-0.15, -0.1) is 0 Å². The number of ketones is 1. The molecule has 1 saturated heterocycles. The van der Waals surface area contributed by atoms with E-state index in [2.05, 4.69) is 20.8 Å². The van der Waals surface area contributed by atoms with Crippen molar-refractivity contribution in [3.8, 4) is 0 Å². The lowest BCUT2D eigenvalue weighted by Gasteiger charge is -2.29. The van der Waals surface area contributed by atoms with Gasteiger partial charge >= 0.3 is 0 Å². The van der Waals surface area contributed by atoms with Crippen LogP contribution in [0.15, 0.2) is 28.7 Å². The summed E-state index contributed by atoms with van der Waals surface area (Å²) in [5, 5.41) is 9.57. The lowest BCUT2D eigenvalue weighted by Crippen LogP contribution is -2.39. The number of Topliss-reactive ketones (excluding diaryl/α,β-unsaturated/α-hetero) is 1.